The second-order valence-electron chi connectivity index (χ2n) is 4.71. The van der Waals surface area contributed by atoms with Gasteiger partial charge in [0.25, 0.3) is 5.56 Å². The molecule has 1 heterocycles. The lowest BCUT2D eigenvalue weighted by Crippen LogP contribution is -2.28. The van der Waals surface area contributed by atoms with Gasteiger partial charge in [0.05, 0.1) is 4.90 Å². The van der Waals surface area contributed by atoms with Crippen molar-refractivity contribution in [3.05, 3.63) is 58.5 Å². The SMILES string of the molecule is Cc1cccc(=O)n1CC(=O)Nc1ccc(S(N)(=O)=O)cc1. The Balaban J connectivity index is 2.11. The molecule has 2 aromatic rings. The first-order valence-electron chi connectivity index (χ1n) is 6.36. The lowest BCUT2D eigenvalue weighted by molar-refractivity contribution is -0.116. The number of amides is 1. The minimum Gasteiger partial charge on any atom is -0.325 e. The van der Waals surface area contributed by atoms with Gasteiger partial charge in [0.1, 0.15) is 6.54 Å². The van der Waals surface area contributed by atoms with Crippen LogP contribution < -0.4 is 16.0 Å². The maximum absolute atomic E-state index is 12.0. The van der Waals surface area contributed by atoms with Crippen LogP contribution in [0.3, 0.4) is 0 Å². The number of carbonyl (C=O) groups is 1. The quantitative estimate of drug-likeness (QED) is 0.851. The molecule has 0 fully saturated rings. The molecule has 0 aliphatic rings. The van der Waals surface area contributed by atoms with Crippen molar-refractivity contribution in [2.24, 2.45) is 5.14 Å². The van der Waals surface area contributed by atoms with Crippen molar-refractivity contribution in [3.63, 3.8) is 0 Å². The fourth-order valence-corrected chi connectivity index (χ4v) is 2.41. The minimum atomic E-state index is -3.77. The Hall–Kier alpha value is -2.45. The first-order chi connectivity index (χ1) is 10.3. The number of nitrogens with one attached hydrogen (secondary N) is 1. The molecular weight excluding hydrogens is 306 g/mol. The Morgan fingerprint density at radius 2 is 1.82 bits per heavy atom. The van der Waals surface area contributed by atoms with Crippen LogP contribution in [0.25, 0.3) is 0 Å². The van der Waals surface area contributed by atoms with E-state index in [0.717, 1.165) is 0 Å². The van der Waals surface area contributed by atoms with Crippen molar-refractivity contribution >= 4 is 21.6 Å². The molecule has 0 spiro atoms. The Morgan fingerprint density at radius 1 is 1.18 bits per heavy atom. The second-order valence-corrected chi connectivity index (χ2v) is 6.27. The molecule has 1 aromatic heterocycles. The molecule has 0 aliphatic carbocycles. The summed E-state index contributed by atoms with van der Waals surface area (Å²) in [6, 6.07) is 10.2. The van der Waals surface area contributed by atoms with Crippen LogP contribution in [0.4, 0.5) is 5.69 Å². The average Bonchev–Trinajstić information content (AvgIpc) is 2.43. The van der Waals surface area contributed by atoms with E-state index in [1.165, 1.54) is 34.9 Å². The van der Waals surface area contributed by atoms with E-state index in [4.69, 9.17) is 5.14 Å². The van der Waals surface area contributed by atoms with Crippen LogP contribution in [0.1, 0.15) is 5.69 Å². The van der Waals surface area contributed by atoms with Gasteiger partial charge in [-0.05, 0) is 37.3 Å². The van der Waals surface area contributed by atoms with Crippen molar-refractivity contribution in [2.45, 2.75) is 18.4 Å². The third-order valence-corrected chi connectivity index (χ3v) is 3.97. The summed E-state index contributed by atoms with van der Waals surface area (Å²) < 4.78 is 23.6. The molecule has 0 saturated carbocycles. The highest BCUT2D eigenvalue weighted by Gasteiger charge is 2.09. The van der Waals surface area contributed by atoms with Crippen molar-refractivity contribution in [1.82, 2.24) is 4.57 Å². The third-order valence-electron chi connectivity index (χ3n) is 3.04. The zero-order chi connectivity index (χ0) is 16.3. The van der Waals surface area contributed by atoms with Gasteiger partial charge in [-0.1, -0.05) is 6.07 Å². The van der Waals surface area contributed by atoms with Crippen LogP contribution in [0.5, 0.6) is 0 Å². The summed E-state index contributed by atoms with van der Waals surface area (Å²) in [4.78, 5) is 23.6. The number of rotatable bonds is 4. The van der Waals surface area contributed by atoms with E-state index in [1.807, 2.05) is 0 Å². The molecule has 7 nitrogen and oxygen atoms in total. The van der Waals surface area contributed by atoms with Gasteiger partial charge < -0.3 is 9.88 Å². The van der Waals surface area contributed by atoms with Crippen molar-refractivity contribution in [1.29, 1.82) is 0 Å². The predicted octanol–water partition coefficient (Wildman–Crippen LogP) is 0.443. The lowest BCUT2D eigenvalue weighted by Gasteiger charge is -2.10. The lowest BCUT2D eigenvalue weighted by atomic mass is 10.3. The molecule has 2 rings (SSSR count). The van der Waals surface area contributed by atoms with E-state index in [1.54, 1.807) is 19.1 Å². The average molecular weight is 321 g/mol. The highest BCUT2D eigenvalue weighted by Crippen LogP contribution is 2.12. The molecule has 22 heavy (non-hydrogen) atoms. The number of aryl methyl sites for hydroxylation is 1. The molecule has 0 aliphatic heterocycles. The summed E-state index contributed by atoms with van der Waals surface area (Å²) >= 11 is 0. The van der Waals surface area contributed by atoms with Gasteiger partial charge in [0.15, 0.2) is 0 Å². The van der Waals surface area contributed by atoms with Crippen LogP contribution in [-0.2, 0) is 21.4 Å². The second kappa shape index (κ2) is 6.12. The standard InChI is InChI=1S/C14H15N3O4S/c1-10-3-2-4-14(19)17(10)9-13(18)16-11-5-7-12(8-6-11)22(15,20)21/h2-8H,9H2,1H3,(H,16,18)(H2,15,20,21). The Kier molecular flexibility index (Phi) is 4.43. The number of nitrogens with two attached hydrogens (primary N) is 1. The number of hydrogen-bond donors (Lipinski definition) is 2. The largest absolute Gasteiger partial charge is 0.325 e. The molecular formula is C14H15N3O4S. The molecule has 3 N–H and O–H groups in total. The van der Waals surface area contributed by atoms with Gasteiger partial charge in [0, 0.05) is 17.4 Å². The molecule has 8 heteroatoms. The first kappa shape index (κ1) is 15.9. The van der Waals surface area contributed by atoms with Gasteiger partial charge in [-0.3, -0.25) is 9.59 Å². The number of pyridine rings is 1. The fourth-order valence-electron chi connectivity index (χ4n) is 1.90. The van der Waals surface area contributed by atoms with Crippen LogP contribution in [0, 0.1) is 6.92 Å². The molecule has 0 bridgehead atoms. The highest BCUT2D eigenvalue weighted by molar-refractivity contribution is 7.89. The zero-order valence-corrected chi connectivity index (χ0v) is 12.6. The fraction of sp³-hybridized carbons (Fsp3) is 0.143. The number of hydrogen-bond acceptors (Lipinski definition) is 4. The van der Waals surface area contributed by atoms with Gasteiger partial charge in [-0.25, -0.2) is 13.6 Å². The molecule has 116 valence electrons. The number of benzene rings is 1. The normalized spacial score (nSPS) is 11.2. The van der Waals surface area contributed by atoms with Gasteiger partial charge >= 0.3 is 0 Å². The number of sulfonamides is 1. The number of carbonyl (C=O) groups excluding carboxylic acids is 1. The summed E-state index contributed by atoms with van der Waals surface area (Å²) in [5.74, 6) is -0.389. The topological polar surface area (TPSA) is 111 Å². The van der Waals surface area contributed by atoms with E-state index in [0.29, 0.717) is 11.4 Å². The van der Waals surface area contributed by atoms with Crippen molar-refractivity contribution < 1.29 is 13.2 Å². The maximum atomic E-state index is 12.0. The van der Waals surface area contributed by atoms with Crippen molar-refractivity contribution in [2.75, 3.05) is 5.32 Å². The number of aromatic nitrogens is 1. The van der Waals surface area contributed by atoms with Crippen LogP contribution in [0.15, 0.2) is 52.2 Å². The van der Waals surface area contributed by atoms with E-state index < -0.39 is 10.0 Å². The Bertz CT molecular complexity index is 854. The predicted molar refractivity (Wildman–Crippen MR) is 81.9 cm³/mol. The molecule has 0 unspecified atom stereocenters. The van der Waals surface area contributed by atoms with Gasteiger partial charge in [0.2, 0.25) is 15.9 Å². The Labute approximate surface area is 127 Å². The summed E-state index contributed by atoms with van der Waals surface area (Å²) in [5.41, 5.74) is 0.825. The number of primary sulfonamides is 1. The third kappa shape index (κ3) is 3.80. The van der Waals surface area contributed by atoms with Crippen molar-refractivity contribution in [3.8, 4) is 0 Å². The smallest absolute Gasteiger partial charge is 0.251 e. The van der Waals surface area contributed by atoms with Gasteiger partial charge in [-0.15, -0.1) is 0 Å². The van der Waals surface area contributed by atoms with E-state index in [2.05, 4.69) is 5.32 Å². The maximum Gasteiger partial charge on any atom is 0.251 e. The molecule has 1 amide bonds. The summed E-state index contributed by atoms with van der Waals surface area (Å²) in [6.07, 6.45) is 0. The summed E-state index contributed by atoms with van der Waals surface area (Å²) in [5, 5.41) is 7.58. The van der Waals surface area contributed by atoms with E-state index in [-0.39, 0.29) is 22.9 Å². The number of nitrogens with zero attached hydrogens (tertiary/aromatic N) is 1. The van der Waals surface area contributed by atoms with E-state index >= 15 is 0 Å². The Morgan fingerprint density at radius 3 is 2.36 bits per heavy atom. The highest BCUT2D eigenvalue weighted by atomic mass is 32.2. The summed E-state index contributed by atoms with van der Waals surface area (Å²) in [6.45, 7) is 1.61. The van der Waals surface area contributed by atoms with Crippen LogP contribution in [0.2, 0.25) is 0 Å². The zero-order valence-electron chi connectivity index (χ0n) is 11.8. The molecule has 1 aromatic carbocycles. The molecule has 0 radical (unpaired) electrons. The van der Waals surface area contributed by atoms with E-state index in [9.17, 15) is 18.0 Å². The number of anilines is 1. The minimum absolute atomic E-state index is 0.0411. The first-order valence-corrected chi connectivity index (χ1v) is 7.91. The van der Waals surface area contributed by atoms with Gasteiger partial charge in [-0.2, -0.15) is 0 Å². The monoisotopic (exact) mass is 321 g/mol. The molecule has 0 saturated heterocycles. The van der Waals surface area contributed by atoms with Crippen LogP contribution >= 0.6 is 0 Å². The molecule has 0 atom stereocenters. The van der Waals surface area contributed by atoms with Crippen LogP contribution in [-0.4, -0.2) is 18.9 Å². The summed E-state index contributed by atoms with van der Waals surface area (Å²) in [7, 11) is -3.77.